The number of rotatable bonds is 4. The Morgan fingerprint density at radius 2 is 2.08 bits per heavy atom. The number of carbonyl (C=O) groups excluding carboxylic acids is 1. The van der Waals surface area contributed by atoms with E-state index in [9.17, 15) is 9.59 Å². The van der Waals surface area contributed by atoms with Gasteiger partial charge in [-0.25, -0.2) is 0 Å². The van der Waals surface area contributed by atoms with Gasteiger partial charge in [0, 0.05) is 19.7 Å². The van der Waals surface area contributed by atoms with E-state index in [0.29, 0.717) is 19.7 Å². The first-order chi connectivity index (χ1) is 11.8. The molecule has 1 unspecified atom stereocenters. The lowest BCUT2D eigenvalue weighted by atomic mass is 10.0. The Morgan fingerprint density at radius 1 is 1.36 bits per heavy atom. The number of para-hydroxylation sites is 1. The largest absolute Gasteiger partial charge is 0.491 e. The number of hydrogen-bond donors (Lipinski definition) is 1. The molecule has 0 bridgehead atoms. The molecule has 0 saturated carbocycles. The highest BCUT2D eigenvalue weighted by Crippen LogP contribution is 2.23. The molecule has 0 radical (unpaired) electrons. The van der Waals surface area contributed by atoms with Crippen LogP contribution in [0.25, 0.3) is 0 Å². The second-order valence-electron chi connectivity index (χ2n) is 6.88. The van der Waals surface area contributed by atoms with E-state index in [1.165, 1.54) is 10.7 Å². The smallest absolute Gasteiger partial charge is 0.272 e. The number of ether oxygens (including phenoxy) is 2. The van der Waals surface area contributed by atoms with Gasteiger partial charge in [-0.05, 0) is 26.0 Å². The van der Waals surface area contributed by atoms with Crippen molar-refractivity contribution >= 4 is 5.91 Å². The second kappa shape index (κ2) is 6.76. The molecule has 7 heteroatoms. The first-order valence-electron chi connectivity index (χ1n) is 8.25. The lowest BCUT2D eigenvalue weighted by molar-refractivity contribution is -0.136. The van der Waals surface area contributed by atoms with E-state index in [1.54, 1.807) is 11.9 Å². The fourth-order valence-corrected chi connectivity index (χ4v) is 3.01. The molecule has 1 fully saturated rings. The van der Waals surface area contributed by atoms with Crippen molar-refractivity contribution in [3.63, 3.8) is 0 Å². The van der Waals surface area contributed by atoms with Gasteiger partial charge in [-0.2, -0.15) is 0 Å². The number of benzene rings is 1. The van der Waals surface area contributed by atoms with Crippen LogP contribution >= 0.6 is 0 Å². The molecule has 1 aromatic heterocycles. The fraction of sp³-hybridized carbons (Fsp3) is 0.444. The number of morpholine rings is 1. The number of aromatic amines is 1. The Hall–Kier alpha value is -2.54. The monoisotopic (exact) mass is 345 g/mol. The Bertz CT molecular complexity index is 794. The molecule has 1 N–H and O–H groups in total. The van der Waals surface area contributed by atoms with Gasteiger partial charge in [0.1, 0.15) is 24.2 Å². The maximum Gasteiger partial charge on any atom is 0.272 e. The van der Waals surface area contributed by atoms with Gasteiger partial charge in [0.25, 0.3) is 11.5 Å². The van der Waals surface area contributed by atoms with Crippen molar-refractivity contribution in [3.8, 4) is 5.75 Å². The first kappa shape index (κ1) is 17.3. The van der Waals surface area contributed by atoms with Crippen molar-refractivity contribution < 1.29 is 14.3 Å². The summed E-state index contributed by atoms with van der Waals surface area (Å²) in [6.07, 6.45) is -0.247. The van der Waals surface area contributed by atoms with Crippen LogP contribution in [0.5, 0.6) is 5.75 Å². The van der Waals surface area contributed by atoms with Gasteiger partial charge < -0.3 is 14.4 Å². The van der Waals surface area contributed by atoms with Gasteiger partial charge in [-0.1, -0.05) is 18.2 Å². The zero-order valence-corrected chi connectivity index (χ0v) is 14.7. The van der Waals surface area contributed by atoms with E-state index < -0.39 is 5.60 Å². The number of hydrogen-bond acceptors (Lipinski definition) is 4. The zero-order chi connectivity index (χ0) is 18.0. The molecular weight excluding hydrogens is 322 g/mol. The maximum absolute atomic E-state index is 12.7. The molecule has 25 heavy (non-hydrogen) atoms. The van der Waals surface area contributed by atoms with Crippen LogP contribution in [0.15, 0.2) is 41.2 Å². The van der Waals surface area contributed by atoms with Crippen LogP contribution in [0.3, 0.4) is 0 Å². The predicted molar refractivity (Wildman–Crippen MR) is 92.8 cm³/mol. The number of carbonyl (C=O) groups is 1. The normalized spacial score (nSPS) is 19.6. The zero-order valence-electron chi connectivity index (χ0n) is 14.7. The summed E-state index contributed by atoms with van der Waals surface area (Å²) in [7, 11) is 1.58. The quantitative estimate of drug-likeness (QED) is 0.909. The van der Waals surface area contributed by atoms with E-state index in [2.05, 4.69) is 5.10 Å². The van der Waals surface area contributed by atoms with Gasteiger partial charge in [0.2, 0.25) is 0 Å². The minimum absolute atomic E-state index is 0.209. The fourth-order valence-electron chi connectivity index (χ4n) is 3.01. The van der Waals surface area contributed by atoms with Crippen LogP contribution in [0, 0.1) is 0 Å². The summed E-state index contributed by atoms with van der Waals surface area (Å²) in [6.45, 7) is 5.09. The third-order valence-corrected chi connectivity index (χ3v) is 4.06. The van der Waals surface area contributed by atoms with Crippen LogP contribution in [0.2, 0.25) is 0 Å². The van der Waals surface area contributed by atoms with E-state index in [4.69, 9.17) is 9.47 Å². The number of H-pyrrole nitrogens is 1. The minimum atomic E-state index is -0.492. The summed E-state index contributed by atoms with van der Waals surface area (Å²) in [5.74, 6) is 0.554. The Morgan fingerprint density at radius 3 is 2.72 bits per heavy atom. The molecule has 1 saturated heterocycles. The van der Waals surface area contributed by atoms with E-state index in [-0.39, 0.29) is 23.3 Å². The van der Waals surface area contributed by atoms with Crippen LogP contribution in [0.1, 0.15) is 24.3 Å². The van der Waals surface area contributed by atoms with Gasteiger partial charge in [-0.3, -0.25) is 19.4 Å². The summed E-state index contributed by atoms with van der Waals surface area (Å²) in [5.41, 5.74) is -0.444. The molecule has 0 aliphatic carbocycles. The lowest BCUT2D eigenvalue weighted by Crippen LogP contribution is -2.56. The molecule has 134 valence electrons. The molecule has 0 spiro atoms. The SMILES string of the molecule is Cn1[nH]c(C(=O)N2CC(COc3ccccc3)OC(C)(C)C2)cc1=O. The molecule has 7 nitrogen and oxygen atoms in total. The van der Waals surface area contributed by atoms with Crippen molar-refractivity contribution in [2.24, 2.45) is 7.05 Å². The van der Waals surface area contributed by atoms with Gasteiger partial charge in [-0.15, -0.1) is 0 Å². The van der Waals surface area contributed by atoms with E-state index in [0.717, 1.165) is 5.75 Å². The van der Waals surface area contributed by atoms with Crippen molar-refractivity contribution in [2.75, 3.05) is 19.7 Å². The van der Waals surface area contributed by atoms with Crippen molar-refractivity contribution in [3.05, 3.63) is 52.4 Å². The van der Waals surface area contributed by atoms with Gasteiger partial charge in [0.15, 0.2) is 0 Å². The molecule has 2 heterocycles. The second-order valence-corrected chi connectivity index (χ2v) is 6.88. The highest BCUT2D eigenvalue weighted by atomic mass is 16.5. The Balaban J connectivity index is 1.70. The van der Waals surface area contributed by atoms with Crippen LogP contribution < -0.4 is 10.3 Å². The van der Waals surface area contributed by atoms with E-state index >= 15 is 0 Å². The molecule has 1 aliphatic rings. The highest BCUT2D eigenvalue weighted by Gasteiger charge is 2.36. The Labute approximate surface area is 146 Å². The maximum atomic E-state index is 12.7. The standard InChI is InChI=1S/C18H23N3O4/c1-18(2)12-21(17(23)15-9-16(22)20(3)19-15)10-14(25-18)11-24-13-7-5-4-6-8-13/h4-9,14,19H,10-12H2,1-3H3. The van der Waals surface area contributed by atoms with Crippen LogP contribution in [0.4, 0.5) is 0 Å². The number of aromatic nitrogens is 2. The van der Waals surface area contributed by atoms with Crippen molar-refractivity contribution in [1.29, 1.82) is 0 Å². The van der Waals surface area contributed by atoms with Crippen molar-refractivity contribution in [2.45, 2.75) is 25.6 Å². The average molecular weight is 345 g/mol. The highest BCUT2D eigenvalue weighted by molar-refractivity contribution is 5.92. The minimum Gasteiger partial charge on any atom is -0.491 e. The van der Waals surface area contributed by atoms with Crippen LogP contribution in [-0.4, -0.2) is 52.0 Å². The van der Waals surface area contributed by atoms with Gasteiger partial charge in [0.05, 0.1) is 12.1 Å². The summed E-state index contributed by atoms with van der Waals surface area (Å²) >= 11 is 0. The molecule has 1 atom stereocenters. The molecule has 1 aromatic carbocycles. The summed E-state index contributed by atoms with van der Waals surface area (Å²) in [4.78, 5) is 26.0. The summed E-state index contributed by atoms with van der Waals surface area (Å²) in [5, 5.41) is 2.78. The third kappa shape index (κ3) is 4.11. The third-order valence-electron chi connectivity index (χ3n) is 4.06. The molecular formula is C18H23N3O4. The molecule has 1 aliphatic heterocycles. The average Bonchev–Trinajstić information content (AvgIpc) is 2.91. The van der Waals surface area contributed by atoms with E-state index in [1.807, 2.05) is 44.2 Å². The van der Waals surface area contributed by atoms with Crippen LogP contribution in [-0.2, 0) is 11.8 Å². The predicted octanol–water partition coefficient (Wildman–Crippen LogP) is 1.41. The molecule has 1 amide bonds. The number of aryl methyl sites for hydroxylation is 1. The summed E-state index contributed by atoms with van der Waals surface area (Å²) in [6, 6.07) is 10.8. The molecule has 3 rings (SSSR count). The number of nitrogens with one attached hydrogen (secondary N) is 1. The number of amides is 1. The topological polar surface area (TPSA) is 76.6 Å². The van der Waals surface area contributed by atoms with Crippen molar-refractivity contribution in [1.82, 2.24) is 14.7 Å². The Kier molecular flexibility index (Phi) is 4.67. The first-order valence-corrected chi connectivity index (χ1v) is 8.25. The lowest BCUT2D eigenvalue weighted by Gasteiger charge is -2.42. The summed E-state index contributed by atoms with van der Waals surface area (Å²) < 4.78 is 13.1. The van der Waals surface area contributed by atoms with Gasteiger partial charge >= 0.3 is 0 Å². The number of nitrogens with zero attached hydrogens (tertiary/aromatic N) is 2. The molecule has 2 aromatic rings.